The number of hydrogen-bond donors (Lipinski definition) is 1. The van der Waals surface area contributed by atoms with Crippen molar-refractivity contribution in [2.24, 2.45) is 39.9 Å². The van der Waals surface area contributed by atoms with Crippen LogP contribution in [0.3, 0.4) is 0 Å². The van der Waals surface area contributed by atoms with Gasteiger partial charge in [0, 0.05) is 28.7 Å². The van der Waals surface area contributed by atoms with Crippen LogP contribution in [0.25, 0.3) is 0 Å². The first kappa shape index (κ1) is 24.2. The van der Waals surface area contributed by atoms with E-state index in [1.807, 2.05) is 6.08 Å². The summed E-state index contributed by atoms with van der Waals surface area (Å²) in [5, 5.41) is 9.11. The number of carbonyl (C=O) groups excluding carboxylic acids is 1. The molecule has 4 aliphatic rings. The fourth-order valence-electron chi connectivity index (χ4n) is 7.91. The van der Waals surface area contributed by atoms with Crippen molar-refractivity contribution in [2.45, 2.75) is 86.5 Å². The third-order valence-electron chi connectivity index (χ3n) is 10.3. The van der Waals surface area contributed by atoms with Gasteiger partial charge in [-0.25, -0.2) is 4.79 Å². The summed E-state index contributed by atoms with van der Waals surface area (Å²) in [4.78, 5) is 23.8. The van der Waals surface area contributed by atoms with Crippen molar-refractivity contribution in [2.75, 3.05) is 0 Å². The Hall–Kier alpha value is -1.90. The van der Waals surface area contributed by atoms with Crippen molar-refractivity contribution >= 4 is 11.8 Å². The molecular weight excluding hydrogens is 408 g/mol. The van der Waals surface area contributed by atoms with Gasteiger partial charge in [-0.2, -0.15) is 0 Å². The second-order valence-electron chi connectivity index (χ2n) is 12.4. The minimum atomic E-state index is -0.826. The molecule has 2 fully saturated rings. The Morgan fingerprint density at radius 1 is 1.21 bits per heavy atom. The number of allylic oxidation sites excluding steroid dienone is 6. The lowest BCUT2D eigenvalue weighted by Crippen LogP contribution is -2.50. The molecule has 0 heterocycles. The van der Waals surface area contributed by atoms with Gasteiger partial charge in [-0.1, -0.05) is 65.0 Å². The van der Waals surface area contributed by atoms with Crippen LogP contribution in [0, 0.1) is 39.9 Å². The standard InChI is InChI=1S/C30H42O3/c1-18(9-8-10-19(2)27(32)33)21-13-15-29(6)22-11-12-25-28(4,5)26(31)14-16-30(25,7)24(22)17-23(29)20(21)3/h10-11,17-18,21,23,25H,3,8-9,12-16H2,1-2,4-7H3,(H,32,33). The molecule has 0 amide bonds. The highest BCUT2D eigenvalue weighted by atomic mass is 16.4. The molecule has 1 N–H and O–H groups in total. The Kier molecular flexibility index (Phi) is 5.95. The molecule has 3 heteroatoms. The minimum absolute atomic E-state index is 0.0718. The summed E-state index contributed by atoms with van der Waals surface area (Å²) >= 11 is 0. The first-order valence-corrected chi connectivity index (χ1v) is 12.9. The van der Waals surface area contributed by atoms with E-state index >= 15 is 0 Å². The van der Waals surface area contributed by atoms with E-state index in [4.69, 9.17) is 5.11 Å². The minimum Gasteiger partial charge on any atom is -0.478 e. The van der Waals surface area contributed by atoms with E-state index in [9.17, 15) is 9.59 Å². The maximum atomic E-state index is 12.8. The number of rotatable bonds is 5. The molecule has 0 bridgehead atoms. The van der Waals surface area contributed by atoms with Crippen LogP contribution in [0.1, 0.15) is 86.5 Å². The van der Waals surface area contributed by atoms with E-state index in [0.717, 1.165) is 32.1 Å². The highest BCUT2D eigenvalue weighted by Gasteiger charge is 2.59. The van der Waals surface area contributed by atoms with Crippen molar-refractivity contribution in [3.05, 3.63) is 47.1 Å². The van der Waals surface area contributed by atoms with Gasteiger partial charge in [0.1, 0.15) is 5.78 Å². The molecule has 180 valence electrons. The number of fused-ring (bicyclic) bond motifs is 5. The SMILES string of the molecule is C=C1C(C(C)CCC=C(C)C(=O)O)CCC2(C)C3=CCC4C(C)(C)C(=O)CCC4(C)C3=CC12. The molecule has 0 saturated heterocycles. The maximum Gasteiger partial charge on any atom is 0.330 e. The molecule has 0 aromatic carbocycles. The lowest BCUT2D eigenvalue weighted by atomic mass is 9.49. The number of carboxylic acid groups (broad SMARTS) is 1. The van der Waals surface area contributed by atoms with Crippen LogP contribution < -0.4 is 0 Å². The molecule has 2 saturated carbocycles. The van der Waals surface area contributed by atoms with Gasteiger partial charge >= 0.3 is 5.97 Å². The molecule has 3 nitrogen and oxygen atoms in total. The second kappa shape index (κ2) is 8.10. The maximum absolute atomic E-state index is 12.8. The monoisotopic (exact) mass is 450 g/mol. The van der Waals surface area contributed by atoms with E-state index in [2.05, 4.69) is 53.3 Å². The van der Waals surface area contributed by atoms with Gasteiger partial charge < -0.3 is 5.11 Å². The molecule has 4 rings (SSSR count). The summed E-state index contributed by atoms with van der Waals surface area (Å²) in [6.45, 7) is 17.8. The predicted octanol–water partition coefficient (Wildman–Crippen LogP) is 7.30. The third-order valence-corrected chi connectivity index (χ3v) is 10.3. The Morgan fingerprint density at radius 3 is 2.58 bits per heavy atom. The molecule has 0 aromatic rings. The Labute approximate surface area is 200 Å². The lowest BCUT2D eigenvalue weighted by Gasteiger charge is -2.54. The van der Waals surface area contributed by atoms with E-state index < -0.39 is 5.97 Å². The molecular formula is C30H42O3. The summed E-state index contributed by atoms with van der Waals surface area (Å²) < 4.78 is 0. The van der Waals surface area contributed by atoms with Gasteiger partial charge in [-0.05, 0) is 79.8 Å². The Bertz CT molecular complexity index is 977. The molecule has 4 aliphatic carbocycles. The largest absolute Gasteiger partial charge is 0.478 e. The molecule has 0 spiro atoms. The van der Waals surface area contributed by atoms with Crippen molar-refractivity contribution < 1.29 is 14.7 Å². The molecule has 6 atom stereocenters. The summed E-state index contributed by atoms with van der Waals surface area (Å²) in [5.41, 5.74) is 4.80. The zero-order valence-electron chi connectivity index (χ0n) is 21.5. The smallest absolute Gasteiger partial charge is 0.330 e. The highest BCUT2D eigenvalue weighted by molar-refractivity contribution is 5.86. The van der Waals surface area contributed by atoms with Crippen molar-refractivity contribution in [1.29, 1.82) is 0 Å². The first-order valence-electron chi connectivity index (χ1n) is 12.9. The average molecular weight is 451 g/mol. The molecule has 33 heavy (non-hydrogen) atoms. The molecule has 0 aliphatic heterocycles. The molecule has 0 aromatic heterocycles. The van der Waals surface area contributed by atoms with Crippen molar-refractivity contribution in [3.63, 3.8) is 0 Å². The van der Waals surface area contributed by atoms with Gasteiger partial charge in [0.15, 0.2) is 0 Å². The normalized spacial score (nSPS) is 38.6. The van der Waals surface area contributed by atoms with Gasteiger partial charge in [-0.15, -0.1) is 0 Å². The Balaban J connectivity index is 1.58. The third kappa shape index (κ3) is 3.61. The summed E-state index contributed by atoms with van der Waals surface area (Å²) in [6.07, 6.45) is 13.7. The van der Waals surface area contributed by atoms with Crippen molar-refractivity contribution in [3.8, 4) is 0 Å². The van der Waals surface area contributed by atoms with Crippen LogP contribution in [-0.4, -0.2) is 16.9 Å². The first-order chi connectivity index (χ1) is 15.3. The van der Waals surface area contributed by atoms with Crippen LogP contribution >= 0.6 is 0 Å². The molecule has 0 radical (unpaired) electrons. The fraction of sp³-hybridized carbons (Fsp3) is 0.667. The van der Waals surface area contributed by atoms with Crippen molar-refractivity contribution in [1.82, 2.24) is 0 Å². The van der Waals surface area contributed by atoms with Crippen LogP contribution in [-0.2, 0) is 9.59 Å². The number of aliphatic carboxylic acids is 1. The van der Waals surface area contributed by atoms with E-state index in [0.29, 0.717) is 41.4 Å². The molecule has 6 unspecified atom stereocenters. The van der Waals surface area contributed by atoms with E-state index in [1.165, 1.54) is 17.6 Å². The average Bonchev–Trinajstić information content (AvgIpc) is 3.06. The van der Waals surface area contributed by atoms with Crippen LogP contribution in [0.5, 0.6) is 0 Å². The predicted molar refractivity (Wildman–Crippen MR) is 134 cm³/mol. The fourth-order valence-corrected chi connectivity index (χ4v) is 7.91. The lowest BCUT2D eigenvalue weighted by molar-refractivity contribution is -0.138. The highest BCUT2D eigenvalue weighted by Crippen LogP contribution is 2.67. The number of carbonyl (C=O) groups is 2. The zero-order chi connectivity index (χ0) is 24.3. The van der Waals surface area contributed by atoms with Gasteiger partial charge in [0.05, 0.1) is 0 Å². The summed E-state index contributed by atoms with van der Waals surface area (Å²) in [5.74, 6) is 1.31. The van der Waals surface area contributed by atoms with E-state index in [-0.39, 0.29) is 16.2 Å². The second-order valence-corrected chi connectivity index (χ2v) is 12.4. The van der Waals surface area contributed by atoms with Gasteiger partial charge in [0.25, 0.3) is 0 Å². The number of Topliss-reactive ketones (excluding diaryl/α,β-unsaturated/α-hetero) is 1. The van der Waals surface area contributed by atoms with Crippen LogP contribution in [0.15, 0.2) is 47.1 Å². The Morgan fingerprint density at radius 2 is 1.91 bits per heavy atom. The number of carboxylic acids is 1. The number of hydrogen-bond acceptors (Lipinski definition) is 2. The topological polar surface area (TPSA) is 54.4 Å². The summed E-state index contributed by atoms with van der Waals surface area (Å²) in [7, 11) is 0. The van der Waals surface area contributed by atoms with Crippen LogP contribution in [0.2, 0.25) is 0 Å². The van der Waals surface area contributed by atoms with Gasteiger partial charge in [-0.3, -0.25) is 4.79 Å². The quantitative estimate of drug-likeness (QED) is 0.353. The van der Waals surface area contributed by atoms with Crippen LogP contribution in [0.4, 0.5) is 0 Å². The number of ketones is 1. The zero-order valence-corrected chi connectivity index (χ0v) is 21.5. The van der Waals surface area contributed by atoms with E-state index in [1.54, 1.807) is 12.5 Å². The summed E-state index contributed by atoms with van der Waals surface area (Å²) in [6, 6.07) is 0. The van der Waals surface area contributed by atoms with Gasteiger partial charge in [0.2, 0.25) is 0 Å².